The average Bonchev–Trinajstić information content (AvgIpc) is 2.91. The van der Waals surface area contributed by atoms with E-state index in [-0.39, 0.29) is 0 Å². The van der Waals surface area contributed by atoms with Crippen LogP contribution in [-0.2, 0) is 13.1 Å². The first kappa shape index (κ1) is 10.3. The minimum absolute atomic E-state index is 0.500. The second-order valence-electron chi connectivity index (χ2n) is 3.88. The third kappa shape index (κ3) is 1.60. The molecule has 4 nitrogen and oxygen atoms in total. The summed E-state index contributed by atoms with van der Waals surface area (Å²) in [7, 11) is 0. The Bertz CT molecular complexity index is 607. The van der Waals surface area contributed by atoms with E-state index in [1.807, 2.05) is 28.9 Å². The molecule has 1 N–H and O–H groups in total. The number of nitrogens with zero attached hydrogens (tertiary/aromatic N) is 3. The van der Waals surface area contributed by atoms with E-state index in [1.165, 1.54) is 0 Å². The van der Waals surface area contributed by atoms with Gasteiger partial charge in [0.05, 0.1) is 11.4 Å². The van der Waals surface area contributed by atoms with E-state index in [0.29, 0.717) is 17.3 Å². The molecule has 0 saturated heterocycles. The van der Waals surface area contributed by atoms with Crippen LogP contribution in [0.2, 0.25) is 5.02 Å². The van der Waals surface area contributed by atoms with Crippen molar-refractivity contribution >= 4 is 11.6 Å². The van der Waals surface area contributed by atoms with Gasteiger partial charge in [-0.15, -0.1) is 0 Å². The van der Waals surface area contributed by atoms with Gasteiger partial charge in [0.15, 0.2) is 5.69 Å². The molecule has 0 fully saturated rings. The van der Waals surface area contributed by atoms with E-state index in [4.69, 9.17) is 16.9 Å². The first-order valence-corrected chi connectivity index (χ1v) is 5.65. The van der Waals surface area contributed by atoms with Crippen LogP contribution >= 0.6 is 11.6 Å². The highest BCUT2D eigenvalue weighted by Gasteiger charge is 2.22. The van der Waals surface area contributed by atoms with Crippen molar-refractivity contribution in [3.8, 4) is 11.8 Å². The van der Waals surface area contributed by atoms with E-state index >= 15 is 0 Å². The lowest BCUT2D eigenvalue weighted by atomic mass is 10.2. The fourth-order valence-corrected chi connectivity index (χ4v) is 2.17. The number of rotatable bonds is 1. The van der Waals surface area contributed by atoms with Gasteiger partial charge in [-0.2, -0.15) is 10.4 Å². The standard InChI is InChI=1S/C12H9ClN4/c13-8-1-3-9(4-2-8)17-12-7-15-6-10(12)11(5-14)16-17/h1-4,15H,6-7H2. The number of fused-ring (bicyclic) bond motifs is 1. The smallest absolute Gasteiger partial charge is 0.167 e. The molecule has 3 rings (SSSR count). The Kier molecular flexibility index (Phi) is 2.36. The normalized spacial score (nSPS) is 13.4. The summed E-state index contributed by atoms with van der Waals surface area (Å²) in [5.74, 6) is 0. The lowest BCUT2D eigenvalue weighted by molar-refractivity contribution is 0.708. The molecule has 0 radical (unpaired) electrons. The van der Waals surface area contributed by atoms with Gasteiger partial charge in [0.1, 0.15) is 6.07 Å². The van der Waals surface area contributed by atoms with Crippen molar-refractivity contribution in [3.05, 3.63) is 46.2 Å². The van der Waals surface area contributed by atoms with Crippen LogP contribution in [0.25, 0.3) is 5.69 Å². The van der Waals surface area contributed by atoms with E-state index in [2.05, 4.69) is 16.5 Å². The Morgan fingerprint density at radius 1 is 1.29 bits per heavy atom. The molecule has 17 heavy (non-hydrogen) atoms. The molecule has 1 aromatic carbocycles. The number of hydrogen-bond acceptors (Lipinski definition) is 3. The van der Waals surface area contributed by atoms with Crippen LogP contribution in [0, 0.1) is 11.3 Å². The van der Waals surface area contributed by atoms with Crippen LogP contribution in [-0.4, -0.2) is 9.78 Å². The van der Waals surface area contributed by atoms with Gasteiger partial charge in [-0.1, -0.05) is 11.6 Å². The van der Waals surface area contributed by atoms with Gasteiger partial charge in [0, 0.05) is 23.7 Å². The molecule has 1 aliphatic heterocycles. The van der Waals surface area contributed by atoms with Gasteiger partial charge in [-0.25, -0.2) is 4.68 Å². The lowest BCUT2D eigenvalue weighted by Gasteiger charge is -2.04. The molecule has 84 valence electrons. The van der Waals surface area contributed by atoms with Gasteiger partial charge in [-0.3, -0.25) is 0 Å². The van der Waals surface area contributed by atoms with Crippen molar-refractivity contribution in [1.82, 2.24) is 15.1 Å². The highest BCUT2D eigenvalue weighted by molar-refractivity contribution is 6.30. The molecule has 0 aliphatic carbocycles. The third-order valence-corrected chi connectivity index (χ3v) is 3.11. The summed E-state index contributed by atoms with van der Waals surface area (Å²) in [6.45, 7) is 1.46. The second kappa shape index (κ2) is 3.88. The molecule has 0 spiro atoms. The van der Waals surface area contributed by atoms with E-state index in [9.17, 15) is 0 Å². The zero-order valence-corrected chi connectivity index (χ0v) is 9.70. The van der Waals surface area contributed by atoms with Crippen molar-refractivity contribution < 1.29 is 0 Å². The van der Waals surface area contributed by atoms with Gasteiger partial charge in [-0.05, 0) is 24.3 Å². The van der Waals surface area contributed by atoms with Crippen LogP contribution in [0.4, 0.5) is 0 Å². The molecule has 2 heterocycles. The molecule has 0 saturated carbocycles. The monoisotopic (exact) mass is 244 g/mol. The predicted molar refractivity (Wildman–Crippen MR) is 63.8 cm³/mol. The fourth-order valence-electron chi connectivity index (χ4n) is 2.04. The van der Waals surface area contributed by atoms with E-state index in [1.54, 1.807) is 0 Å². The van der Waals surface area contributed by atoms with Crippen LogP contribution in [0.15, 0.2) is 24.3 Å². The Balaban J connectivity index is 2.16. The molecule has 0 bridgehead atoms. The van der Waals surface area contributed by atoms with Crippen LogP contribution in [0.3, 0.4) is 0 Å². The summed E-state index contributed by atoms with van der Waals surface area (Å²) in [5, 5.41) is 17.3. The number of hydrogen-bond donors (Lipinski definition) is 1. The van der Waals surface area contributed by atoms with Crippen LogP contribution < -0.4 is 5.32 Å². The molecule has 1 aliphatic rings. The van der Waals surface area contributed by atoms with Gasteiger partial charge >= 0.3 is 0 Å². The maximum Gasteiger partial charge on any atom is 0.167 e. The highest BCUT2D eigenvalue weighted by atomic mass is 35.5. The Morgan fingerprint density at radius 2 is 2.06 bits per heavy atom. The second-order valence-corrected chi connectivity index (χ2v) is 4.31. The summed E-state index contributed by atoms with van der Waals surface area (Å²) in [4.78, 5) is 0. The van der Waals surface area contributed by atoms with Crippen molar-refractivity contribution in [1.29, 1.82) is 5.26 Å². The maximum atomic E-state index is 9.03. The summed E-state index contributed by atoms with van der Waals surface area (Å²) in [5.41, 5.74) is 3.49. The van der Waals surface area contributed by atoms with Crippen LogP contribution in [0.5, 0.6) is 0 Å². The molecule has 1 aromatic heterocycles. The zero-order valence-electron chi connectivity index (χ0n) is 8.94. The number of benzene rings is 1. The Labute approximate surface area is 103 Å². The summed E-state index contributed by atoms with van der Waals surface area (Å²) < 4.78 is 1.81. The predicted octanol–water partition coefficient (Wildman–Crippen LogP) is 2.00. The molecule has 2 aromatic rings. The van der Waals surface area contributed by atoms with Crippen molar-refractivity contribution in [3.63, 3.8) is 0 Å². The van der Waals surface area contributed by atoms with E-state index < -0.39 is 0 Å². The molecule has 0 unspecified atom stereocenters. The number of halogens is 1. The van der Waals surface area contributed by atoms with Crippen molar-refractivity contribution in [2.75, 3.05) is 0 Å². The largest absolute Gasteiger partial charge is 0.307 e. The third-order valence-electron chi connectivity index (χ3n) is 2.86. The highest BCUT2D eigenvalue weighted by Crippen LogP contribution is 2.23. The van der Waals surface area contributed by atoms with Gasteiger partial charge in [0.25, 0.3) is 0 Å². The number of aromatic nitrogens is 2. The van der Waals surface area contributed by atoms with E-state index in [0.717, 1.165) is 23.5 Å². The van der Waals surface area contributed by atoms with Gasteiger partial charge in [0.2, 0.25) is 0 Å². The number of nitrogens with one attached hydrogen (secondary N) is 1. The zero-order chi connectivity index (χ0) is 11.8. The Hall–Kier alpha value is -1.83. The first-order valence-electron chi connectivity index (χ1n) is 5.27. The SMILES string of the molecule is N#Cc1nn(-c2ccc(Cl)cc2)c2c1CNC2. The average molecular weight is 245 g/mol. The maximum absolute atomic E-state index is 9.03. The molecule has 0 atom stereocenters. The topological polar surface area (TPSA) is 53.6 Å². The minimum Gasteiger partial charge on any atom is -0.307 e. The molecular weight excluding hydrogens is 236 g/mol. The molecule has 0 amide bonds. The molecular formula is C12H9ClN4. The first-order chi connectivity index (χ1) is 8.29. The van der Waals surface area contributed by atoms with Crippen LogP contribution in [0.1, 0.15) is 17.0 Å². The Morgan fingerprint density at radius 3 is 2.76 bits per heavy atom. The summed E-state index contributed by atoms with van der Waals surface area (Å²) >= 11 is 5.85. The molecule has 5 heteroatoms. The summed E-state index contributed by atoms with van der Waals surface area (Å²) in [6, 6.07) is 9.56. The fraction of sp³-hybridized carbons (Fsp3) is 0.167. The number of nitriles is 1. The minimum atomic E-state index is 0.500. The quantitative estimate of drug-likeness (QED) is 0.835. The van der Waals surface area contributed by atoms with Crippen molar-refractivity contribution in [2.24, 2.45) is 0 Å². The van der Waals surface area contributed by atoms with Crippen molar-refractivity contribution in [2.45, 2.75) is 13.1 Å². The lowest BCUT2D eigenvalue weighted by Crippen LogP contribution is -2.08. The summed E-state index contributed by atoms with van der Waals surface area (Å²) in [6.07, 6.45) is 0. The van der Waals surface area contributed by atoms with Gasteiger partial charge < -0.3 is 5.32 Å².